The molecular formula is C14H16N2O. The number of hydrogen-bond donors (Lipinski definition) is 2. The van der Waals surface area contributed by atoms with Gasteiger partial charge in [-0.25, -0.2) is 0 Å². The molecule has 0 atom stereocenters. The first-order chi connectivity index (χ1) is 8.27. The lowest BCUT2D eigenvalue weighted by molar-refractivity contribution is 1.17. The monoisotopic (exact) mass is 228 g/mol. The summed E-state index contributed by atoms with van der Waals surface area (Å²) in [7, 11) is 0. The molecule has 0 bridgehead atoms. The molecule has 1 rings (SSSR count). The van der Waals surface area contributed by atoms with E-state index in [0.717, 1.165) is 11.3 Å². The van der Waals surface area contributed by atoms with Crippen LogP contribution in [0.25, 0.3) is 5.70 Å². The lowest BCUT2D eigenvalue weighted by Gasteiger charge is -2.05. The lowest BCUT2D eigenvalue weighted by Crippen LogP contribution is -2.09. The third kappa shape index (κ3) is 4.38. The second-order valence-corrected chi connectivity index (χ2v) is 3.29. The molecule has 1 aromatic heterocycles. The van der Waals surface area contributed by atoms with Gasteiger partial charge in [-0.3, -0.25) is 4.79 Å². The summed E-state index contributed by atoms with van der Waals surface area (Å²) in [5, 5.41) is 3.11. The molecule has 0 radical (unpaired) electrons. The number of hydrogen-bond acceptors (Lipinski definition) is 2. The van der Waals surface area contributed by atoms with E-state index in [1.807, 2.05) is 43.5 Å². The van der Waals surface area contributed by atoms with Crippen LogP contribution < -0.4 is 10.9 Å². The molecule has 0 aliphatic heterocycles. The van der Waals surface area contributed by atoms with Gasteiger partial charge in [0.25, 0.3) is 0 Å². The molecule has 0 spiro atoms. The highest BCUT2D eigenvalue weighted by Crippen LogP contribution is 2.08. The van der Waals surface area contributed by atoms with E-state index in [4.69, 9.17) is 0 Å². The molecule has 1 heterocycles. The van der Waals surface area contributed by atoms with Crippen LogP contribution in [-0.2, 0) is 0 Å². The van der Waals surface area contributed by atoms with Gasteiger partial charge in [0.1, 0.15) is 0 Å². The molecule has 0 aliphatic rings. The Morgan fingerprint density at radius 1 is 1.47 bits per heavy atom. The fraction of sp³-hybridized carbons (Fsp3) is 0.0714. The number of H-pyrrole nitrogens is 1. The molecule has 2 N–H and O–H groups in total. The van der Waals surface area contributed by atoms with Crippen molar-refractivity contribution in [1.82, 2.24) is 10.3 Å². The van der Waals surface area contributed by atoms with Gasteiger partial charge in [0.05, 0.1) is 0 Å². The average molecular weight is 228 g/mol. The molecule has 0 saturated heterocycles. The van der Waals surface area contributed by atoms with E-state index in [2.05, 4.69) is 16.9 Å². The van der Waals surface area contributed by atoms with Crippen molar-refractivity contribution in [3.8, 4) is 0 Å². The number of aromatic amines is 1. The first kappa shape index (κ1) is 12.8. The van der Waals surface area contributed by atoms with Gasteiger partial charge in [0.15, 0.2) is 0 Å². The quantitative estimate of drug-likeness (QED) is 0.761. The Hall–Kier alpha value is -2.29. The van der Waals surface area contributed by atoms with Crippen molar-refractivity contribution in [2.24, 2.45) is 0 Å². The van der Waals surface area contributed by atoms with Crippen molar-refractivity contribution in [1.29, 1.82) is 0 Å². The third-order valence-corrected chi connectivity index (χ3v) is 2.00. The number of nitrogens with one attached hydrogen (secondary N) is 2. The van der Waals surface area contributed by atoms with Gasteiger partial charge in [-0.1, -0.05) is 30.9 Å². The first-order valence-corrected chi connectivity index (χ1v) is 5.34. The summed E-state index contributed by atoms with van der Waals surface area (Å²) in [5.74, 6) is 0. The van der Waals surface area contributed by atoms with Crippen LogP contribution in [0.1, 0.15) is 12.5 Å². The summed E-state index contributed by atoms with van der Waals surface area (Å²) in [5.41, 5.74) is 1.57. The van der Waals surface area contributed by atoms with Gasteiger partial charge in [0, 0.05) is 23.5 Å². The Kier molecular flexibility index (Phi) is 5.31. The predicted molar refractivity (Wildman–Crippen MR) is 72.3 cm³/mol. The molecule has 1 aromatic rings. The summed E-state index contributed by atoms with van der Waals surface area (Å²) in [6.45, 7) is 5.52. The Morgan fingerprint density at radius 3 is 2.94 bits per heavy atom. The SMILES string of the molecule is C=C/C=C\C=C(/N/C=C\C)c1cc[nH]c(=O)c1. The fourth-order valence-electron chi connectivity index (χ4n) is 1.24. The Labute approximate surface area is 101 Å². The zero-order valence-corrected chi connectivity index (χ0v) is 9.81. The van der Waals surface area contributed by atoms with E-state index in [1.54, 1.807) is 18.3 Å². The molecule has 0 fully saturated rings. The van der Waals surface area contributed by atoms with Crippen molar-refractivity contribution in [3.63, 3.8) is 0 Å². The summed E-state index contributed by atoms with van der Waals surface area (Å²) in [6, 6.07) is 3.38. The molecule has 0 saturated carbocycles. The van der Waals surface area contributed by atoms with Crippen LogP contribution in [0.15, 0.2) is 66.3 Å². The van der Waals surface area contributed by atoms with Gasteiger partial charge in [-0.05, 0) is 25.3 Å². The zero-order valence-electron chi connectivity index (χ0n) is 9.81. The maximum Gasteiger partial charge on any atom is 0.248 e. The highest BCUT2D eigenvalue weighted by atomic mass is 16.1. The standard InChI is InChI=1S/C14H16N2O/c1-3-5-6-7-13(15-9-4-2)12-8-10-16-14(17)11-12/h3-11,15H,1H2,2H3,(H,16,17)/b6-5-,9-4-,13-7-. The number of allylic oxidation sites excluding steroid dienone is 5. The molecule has 0 unspecified atom stereocenters. The highest BCUT2D eigenvalue weighted by Gasteiger charge is 1.98. The third-order valence-electron chi connectivity index (χ3n) is 2.00. The van der Waals surface area contributed by atoms with Gasteiger partial charge in [-0.15, -0.1) is 0 Å². The number of rotatable bonds is 5. The summed E-state index contributed by atoms with van der Waals surface area (Å²) >= 11 is 0. The number of pyridine rings is 1. The molecule has 3 heteroatoms. The van der Waals surface area contributed by atoms with E-state index in [-0.39, 0.29) is 5.56 Å². The minimum Gasteiger partial charge on any atom is -0.362 e. The van der Waals surface area contributed by atoms with Crippen LogP contribution in [0.3, 0.4) is 0 Å². The van der Waals surface area contributed by atoms with Crippen molar-refractivity contribution < 1.29 is 0 Å². The molecule has 3 nitrogen and oxygen atoms in total. The Morgan fingerprint density at radius 2 is 2.29 bits per heavy atom. The molecule has 88 valence electrons. The van der Waals surface area contributed by atoms with Crippen LogP contribution in [0.4, 0.5) is 0 Å². The molecule has 0 aromatic carbocycles. The molecule has 0 aliphatic carbocycles. The minimum absolute atomic E-state index is 0.122. The second kappa shape index (κ2) is 7.06. The average Bonchev–Trinajstić information content (AvgIpc) is 2.33. The smallest absolute Gasteiger partial charge is 0.248 e. The van der Waals surface area contributed by atoms with E-state index in [0.29, 0.717) is 0 Å². The predicted octanol–water partition coefficient (Wildman–Crippen LogP) is 2.58. The number of aromatic nitrogens is 1. The minimum atomic E-state index is -0.122. The van der Waals surface area contributed by atoms with Crippen LogP contribution >= 0.6 is 0 Å². The zero-order chi connectivity index (χ0) is 12.5. The fourth-order valence-corrected chi connectivity index (χ4v) is 1.24. The van der Waals surface area contributed by atoms with Gasteiger partial charge in [0.2, 0.25) is 5.56 Å². The summed E-state index contributed by atoms with van der Waals surface area (Å²) < 4.78 is 0. The van der Waals surface area contributed by atoms with E-state index >= 15 is 0 Å². The molecule has 0 amide bonds. The van der Waals surface area contributed by atoms with E-state index < -0.39 is 0 Å². The Bertz CT molecular complexity index is 507. The summed E-state index contributed by atoms with van der Waals surface area (Å²) in [6.07, 6.45) is 12.6. The van der Waals surface area contributed by atoms with Crippen molar-refractivity contribution in [3.05, 3.63) is 77.4 Å². The van der Waals surface area contributed by atoms with Crippen molar-refractivity contribution in [2.45, 2.75) is 6.92 Å². The van der Waals surface area contributed by atoms with Crippen LogP contribution in [0, 0.1) is 0 Å². The van der Waals surface area contributed by atoms with E-state index in [1.165, 1.54) is 0 Å². The van der Waals surface area contributed by atoms with Crippen molar-refractivity contribution >= 4 is 5.70 Å². The second-order valence-electron chi connectivity index (χ2n) is 3.29. The maximum atomic E-state index is 11.2. The maximum absolute atomic E-state index is 11.2. The normalized spacial score (nSPS) is 12.2. The van der Waals surface area contributed by atoms with Gasteiger partial charge < -0.3 is 10.3 Å². The van der Waals surface area contributed by atoms with Gasteiger partial charge >= 0.3 is 0 Å². The Balaban J connectivity index is 3.05. The summed E-state index contributed by atoms with van der Waals surface area (Å²) in [4.78, 5) is 13.8. The topological polar surface area (TPSA) is 44.9 Å². The van der Waals surface area contributed by atoms with Crippen LogP contribution in [-0.4, -0.2) is 4.98 Å². The molecular weight excluding hydrogens is 212 g/mol. The van der Waals surface area contributed by atoms with Crippen LogP contribution in [0.2, 0.25) is 0 Å². The van der Waals surface area contributed by atoms with Gasteiger partial charge in [-0.2, -0.15) is 0 Å². The van der Waals surface area contributed by atoms with E-state index in [9.17, 15) is 4.79 Å². The molecule has 17 heavy (non-hydrogen) atoms. The van der Waals surface area contributed by atoms with Crippen molar-refractivity contribution in [2.75, 3.05) is 0 Å². The van der Waals surface area contributed by atoms with Crippen LogP contribution in [0.5, 0.6) is 0 Å². The largest absolute Gasteiger partial charge is 0.362 e. The lowest BCUT2D eigenvalue weighted by atomic mass is 10.2. The first-order valence-electron chi connectivity index (χ1n) is 5.34. The highest BCUT2D eigenvalue weighted by molar-refractivity contribution is 5.65.